The highest BCUT2D eigenvalue weighted by Crippen LogP contribution is 2.19. The van der Waals surface area contributed by atoms with E-state index in [9.17, 15) is 19.2 Å². The highest BCUT2D eigenvalue weighted by molar-refractivity contribution is 6.09. The van der Waals surface area contributed by atoms with Gasteiger partial charge in [0.2, 0.25) is 0 Å². The third-order valence-corrected chi connectivity index (χ3v) is 2.80. The molecule has 0 heterocycles. The van der Waals surface area contributed by atoms with Crippen molar-refractivity contribution in [2.24, 2.45) is 0 Å². The molecule has 0 radical (unpaired) electrons. The van der Waals surface area contributed by atoms with Crippen molar-refractivity contribution >= 4 is 23.9 Å². The molecule has 0 saturated carbocycles. The Bertz CT molecular complexity index is 632. The number of esters is 1. The molecular formula is C14H14O8. The third kappa shape index (κ3) is 3.81. The van der Waals surface area contributed by atoms with E-state index in [1.165, 1.54) is 0 Å². The van der Waals surface area contributed by atoms with E-state index < -0.39 is 46.1 Å². The summed E-state index contributed by atoms with van der Waals surface area (Å²) in [6.07, 6.45) is 1.31. The second kappa shape index (κ2) is 7.21. The van der Waals surface area contributed by atoms with Gasteiger partial charge in [0.05, 0.1) is 28.9 Å². The van der Waals surface area contributed by atoms with Crippen molar-refractivity contribution in [1.82, 2.24) is 0 Å². The summed E-state index contributed by atoms with van der Waals surface area (Å²) in [5, 5.41) is 27.0. The van der Waals surface area contributed by atoms with Crippen molar-refractivity contribution in [3.63, 3.8) is 0 Å². The van der Waals surface area contributed by atoms with Gasteiger partial charge in [0.25, 0.3) is 0 Å². The molecule has 1 aromatic carbocycles. The lowest BCUT2D eigenvalue weighted by Gasteiger charge is -2.10. The highest BCUT2D eigenvalue weighted by Gasteiger charge is 2.26. The Balaban J connectivity index is 3.39. The first kappa shape index (κ1) is 17.2. The Morgan fingerprint density at radius 1 is 0.864 bits per heavy atom. The van der Waals surface area contributed by atoms with Crippen LogP contribution >= 0.6 is 0 Å². The fourth-order valence-electron chi connectivity index (χ4n) is 1.69. The Kier molecular flexibility index (Phi) is 5.62. The Morgan fingerprint density at radius 2 is 1.27 bits per heavy atom. The Labute approximate surface area is 124 Å². The predicted octanol–water partition coefficient (Wildman–Crippen LogP) is 1.74. The average Bonchev–Trinajstić information content (AvgIpc) is 2.45. The van der Waals surface area contributed by atoms with Gasteiger partial charge in [0.1, 0.15) is 0 Å². The van der Waals surface area contributed by atoms with Crippen LogP contribution in [0.25, 0.3) is 0 Å². The number of carbonyl (C=O) groups is 4. The molecule has 0 bridgehead atoms. The minimum Gasteiger partial charge on any atom is -0.478 e. The lowest BCUT2D eigenvalue weighted by Crippen LogP contribution is -2.17. The molecule has 0 aromatic heterocycles. The SMILES string of the molecule is CCCCOC(=O)c1cc(C(=O)O)c(C(=O)O)cc1C(=O)O. The molecule has 0 atom stereocenters. The van der Waals surface area contributed by atoms with Gasteiger partial charge in [-0.15, -0.1) is 0 Å². The van der Waals surface area contributed by atoms with Crippen LogP contribution in [0.2, 0.25) is 0 Å². The maximum absolute atomic E-state index is 11.9. The number of carboxylic acids is 3. The number of aromatic carboxylic acids is 3. The maximum Gasteiger partial charge on any atom is 0.339 e. The minimum absolute atomic E-state index is 0.0531. The third-order valence-electron chi connectivity index (χ3n) is 2.80. The monoisotopic (exact) mass is 310 g/mol. The van der Waals surface area contributed by atoms with E-state index in [0.717, 1.165) is 6.42 Å². The zero-order chi connectivity index (χ0) is 16.9. The predicted molar refractivity (Wildman–Crippen MR) is 72.5 cm³/mol. The zero-order valence-corrected chi connectivity index (χ0v) is 11.7. The van der Waals surface area contributed by atoms with Gasteiger partial charge in [0, 0.05) is 0 Å². The summed E-state index contributed by atoms with van der Waals surface area (Å²) >= 11 is 0. The van der Waals surface area contributed by atoms with Crippen LogP contribution in [-0.2, 0) is 4.74 Å². The molecule has 0 unspecified atom stereocenters. The Morgan fingerprint density at radius 3 is 1.68 bits per heavy atom. The van der Waals surface area contributed by atoms with Gasteiger partial charge in [-0.25, -0.2) is 19.2 Å². The smallest absolute Gasteiger partial charge is 0.339 e. The summed E-state index contributed by atoms with van der Waals surface area (Å²) in [6.45, 7) is 1.91. The largest absolute Gasteiger partial charge is 0.478 e. The van der Waals surface area contributed by atoms with Gasteiger partial charge < -0.3 is 20.1 Å². The zero-order valence-electron chi connectivity index (χ0n) is 11.7. The van der Waals surface area contributed by atoms with Crippen molar-refractivity contribution in [3.05, 3.63) is 34.4 Å². The van der Waals surface area contributed by atoms with Gasteiger partial charge in [-0.2, -0.15) is 0 Å². The summed E-state index contributed by atoms with van der Waals surface area (Å²) in [4.78, 5) is 45.1. The van der Waals surface area contributed by atoms with Gasteiger partial charge >= 0.3 is 23.9 Å². The molecule has 0 aliphatic heterocycles. The van der Waals surface area contributed by atoms with E-state index in [-0.39, 0.29) is 6.61 Å². The molecule has 0 amide bonds. The summed E-state index contributed by atoms with van der Waals surface area (Å²) in [7, 11) is 0. The number of hydrogen-bond acceptors (Lipinski definition) is 5. The molecule has 0 saturated heterocycles. The quantitative estimate of drug-likeness (QED) is 0.511. The topological polar surface area (TPSA) is 138 Å². The van der Waals surface area contributed by atoms with Crippen LogP contribution in [0.5, 0.6) is 0 Å². The van der Waals surface area contributed by atoms with Crippen molar-refractivity contribution in [2.75, 3.05) is 6.61 Å². The van der Waals surface area contributed by atoms with E-state index in [2.05, 4.69) is 0 Å². The first-order chi connectivity index (χ1) is 10.3. The van der Waals surface area contributed by atoms with E-state index in [1.54, 1.807) is 0 Å². The second-order valence-electron chi connectivity index (χ2n) is 4.35. The number of benzene rings is 1. The number of carbonyl (C=O) groups excluding carboxylic acids is 1. The number of rotatable bonds is 7. The number of unbranched alkanes of at least 4 members (excludes halogenated alkanes) is 1. The lowest BCUT2D eigenvalue weighted by atomic mass is 9.98. The van der Waals surface area contributed by atoms with Crippen LogP contribution in [0, 0.1) is 0 Å². The lowest BCUT2D eigenvalue weighted by molar-refractivity contribution is 0.0488. The Hall–Kier alpha value is -2.90. The molecule has 0 fully saturated rings. The minimum atomic E-state index is -1.61. The standard InChI is InChI=1S/C14H14O8/c1-2-3-4-22-14(21)10-6-8(12(17)18)7(11(15)16)5-9(10)13(19)20/h5-6H,2-4H2,1H3,(H,15,16)(H,17,18)(H,19,20). The highest BCUT2D eigenvalue weighted by atomic mass is 16.5. The van der Waals surface area contributed by atoms with Gasteiger partial charge in [0.15, 0.2) is 0 Å². The van der Waals surface area contributed by atoms with E-state index in [1.807, 2.05) is 6.92 Å². The van der Waals surface area contributed by atoms with Gasteiger partial charge in [-0.1, -0.05) is 13.3 Å². The summed E-state index contributed by atoms with van der Waals surface area (Å²) in [5.74, 6) is -5.75. The van der Waals surface area contributed by atoms with E-state index >= 15 is 0 Å². The van der Waals surface area contributed by atoms with Crippen LogP contribution < -0.4 is 0 Å². The average molecular weight is 310 g/mol. The first-order valence-electron chi connectivity index (χ1n) is 6.34. The van der Waals surface area contributed by atoms with Crippen LogP contribution in [0.4, 0.5) is 0 Å². The normalized spacial score (nSPS) is 10.0. The number of ether oxygens (including phenoxy) is 1. The maximum atomic E-state index is 11.9. The molecule has 0 spiro atoms. The molecule has 22 heavy (non-hydrogen) atoms. The molecular weight excluding hydrogens is 296 g/mol. The molecule has 0 aliphatic carbocycles. The van der Waals surface area contributed by atoms with E-state index in [4.69, 9.17) is 20.1 Å². The van der Waals surface area contributed by atoms with E-state index in [0.29, 0.717) is 18.6 Å². The van der Waals surface area contributed by atoms with Gasteiger partial charge in [-0.3, -0.25) is 0 Å². The van der Waals surface area contributed by atoms with Gasteiger partial charge in [-0.05, 0) is 18.6 Å². The van der Waals surface area contributed by atoms with Crippen LogP contribution in [0.1, 0.15) is 61.2 Å². The molecule has 1 rings (SSSR count). The van der Waals surface area contributed by atoms with Crippen molar-refractivity contribution in [2.45, 2.75) is 19.8 Å². The van der Waals surface area contributed by atoms with Crippen molar-refractivity contribution in [3.8, 4) is 0 Å². The number of hydrogen-bond donors (Lipinski definition) is 3. The molecule has 1 aromatic rings. The van der Waals surface area contributed by atoms with Crippen LogP contribution in [0.3, 0.4) is 0 Å². The van der Waals surface area contributed by atoms with Crippen molar-refractivity contribution < 1.29 is 39.2 Å². The molecule has 8 heteroatoms. The molecule has 0 aliphatic rings. The summed E-state index contributed by atoms with van der Waals surface area (Å²) in [6, 6.07) is 1.36. The van der Waals surface area contributed by atoms with Crippen LogP contribution in [-0.4, -0.2) is 45.8 Å². The molecule has 118 valence electrons. The van der Waals surface area contributed by atoms with Crippen LogP contribution in [0.15, 0.2) is 12.1 Å². The number of carboxylic acid groups (broad SMARTS) is 3. The summed E-state index contributed by atoms with van der Waals surface area (Å²) in [5.41, 5.74) is -2.51. The fraction of sp³-hybridized carbons (Fsp3) is 0.286. The first-order valence-corrected chi connectivity index (χ1v) is 6.34. The van der Waals surface area contributed by atoms with Crippen molar-refractivity contribution in [1.29, 1.82) is 0 Å². The second-order valence-corrected chi connectivity index (χ2v) is 4.35. The fourth-order valence-corrected chi connectivity index (χ4v) is 1.69. The molecule has 8 nitrogen and oxygen atoms in total. The molecule has 3 N–H and O–H groups in total. The summed E-state index contributed by atoms with van der Waals surface area (Å²) < 4.78 is 4.85.